The third-order valence-corrected chi connectivity index (χ3v) is 3.69. The summed E-state index contributed by atoms with van der Waals surface area (Å²) in [6, 6.07) is 1.79. The van der Waals surface area contributed by atoms with Crippen LogP contribution in [0, 0.1) is 6.92 Å². The van der Waals surface area contributed by atoms with E-state index in [1.165, 1.54) is 7.11 Å². The SMILES string of the molecule is COC(=O)c1cc(CN2CCNCC2(C)C)oc1C. The molecule has 5 heteroatoms. The van der Waals surface area contributed by atoms with Crippen LogP contribution in [0.25, 0.3) is 0 Å². The maximum Gasteiger partial charge on any atom is 0.341 e. The minimum Gasteiger partial charge on any atom is -0.465 e. The van der Waals surface area contributed by atoms with Crippen LogP contribution in [0.15, 0.2) is 10.5 Å². The van der Waals surface area contributed by atoms with Gasteiger partial charge in [0.15, 0.2) is 0 Å². The van der Waals surface area contributed by atoms with Crippen LogP contribution in [-0.2, 0) is 11.3 Å². The van der Waals surface area contributed by atoms with Gasteiger partial charge < -0.3 is 14.5 Å². The minimum absolute atomic E-state index is 0.0877. The number of rotatable bonds is 3. The molecule has 1 N–H and O–H groups in total. The van der Waals surface area contributed by atoms with E-state index >= 15 is 0 Å². The Morgan fingerprint density at radius 3 is 2.95 bits per heavy atom. The smallest absolute Gasteiger partial charge is 0.341 e. The molecular formula is C14H22N2O3. The van der Waals surface area contributed by atoms with E-state index in [1.54, 1.807) is 13.0 Å². The molecule has 0 unspecified atom stereocenters. The number of methoxy groups -OCH3 is 1. The van der Waals surface area contributed by atoms with E-state index in [0.29, 0.717) is 17.9 Å². The minimum atomic E-state index is -0.341. The average Bonchev–Trinajstić information content (AvgIpc) is 2.72. The number of carbonyl (C=O) groups excluding carboxylic acids is 1. The Kier molecular flexibility index (Phi) is 3.96. The van der Waals surface area contributed by atoms with E-state index in [2.05, 4.69) is 24.1 Å². The second kappa shape index (κ2) is 5.35. The van der Waals surface area contributed by atoms with Gasteiger partial charge in [0.2, 0.25) is 0 Å². The Bertz CT molecular complexity index is 465. The molecule has 2 heterocycles. The number of aryl methyl sites for hydroxylation is 1. The normalized spacial score (nSPS) is 19.4. The van der Waals surface area contributed by atoms with Crippen LogP contribution in [-0.4, -0.2) is 43.2 Å². The van der Waals surface area contributed by atoms with Crippen LogP contribution in [0.1, 0.15) is 35.7 Å². The molecule has 19 heavy (non-hydrogen) atoms. The average molecular weight is 266 g/mol. The van der Waals surface area contributed by atoms with Gasteiger partial charge in [0.05, 0.1) is 13.7 Å². The van der Waals surface area contributed by atoms with Crippen LogP contribution in [0.2, 0.25) is 0 Å². The van der Waals surface area contributed by atoms with Crippen molar-refractivity contribution in [2.75, 3.05) is 26.7 Å². The molecule has 0 atom stereocenters. The lowest BCUT2D eigenvalue weighted by Gasteiger charge is -2.42. The Labute approximate surface area is 113 Å². The molecule has 1 aliphatic rings. The van der Waals surface area contributed by atoms with Crippen molar-refractivity contribution in [1.29, 1.82) is 0 Å². The first kappa shape index (κ1) is 14.1. The molecule has 1 aromatic heterocycles. The molecule has 1 aliphatic heterocycles. The third kappa shape index (κ3) is 2.98. The predicted molar refractivity (Wildman–Crippen MR) is 72.1 cm³/mol. The van der Waals surface area contributed by atoms with Crippen LogP contribution in [0.4, 0.5) is 0 Å². The molecule has 5 nitrogen and oxygen atoms in total. The summed E-state index contributed by atoms with van der Waals surface area (Å²) in [5, 5.41) is 3.39. The van der Waals surface area contributed by atoms with Gasteiger partial charge in [-0.3, -0.25) is 4.90 Å². The standard InChI is InChI=1S/C14H22N2O3/c1-10-12(13(17)18-4)7-11(19-10)8-16-6-5-15-9-14(16,2)3/h7,15H,5-6,8-9H2,1-4H3. The highest BCUT2D eigenvalue weighted by atomic mass is 16.5. The van der Waals surface area contributed by atoms with Crippen molar-refractivity contribution >= 4 is 5.97 Å². The van der Waals surface area contributed by atoms with E-state index in [9.17, 15) is 4.79 Å². The van der Waals surface area contributed by atoms with E-state index in [1.807, 2.05) is 0 Å². The topological polar surface area (TPSA) is 54.7 Å². The second-order valence-electron chi connectivity index (χ2n) is 5.58. The van der Waals surface area contributed by atoms with E-state index < -0.39 is 0 Å². The lowest BCUT2D eigenvalue weighted by molar-refractivity contribution is 0.0598. The van der Waals surface area contributed by atoms with Crippen LogP contribution < -0.4 is 5.32 Å². The molecule has 1 aromatic rings. The summed E-state index contributed by atoms with van der Waals surface area (Å²) in [6.07, 6.45) is 0. The lowest BCUT2D eigenvalue weighted by atomic mass is 10.00. The number of nitrogens with zero attached hydrogens (tertiary/aromatic N) is 1. The molecule has 106 valence electrons. The third-order valence-electron chi connectivity index (χ3n) is 3.69. The second-order valence-corrected chi connectivity index (χ2v) is 5.58. The Morgan fingerprint density at radius 1 is 1.58 bits per heavy atom. The van der Waals surface area contributed by atoms with Crippen LogP contribution in [0.3, 0.4) is 0 Å². The fraction of sp³-hybridized carbons (Fsp3) is 0.643. The van der Waals surface area contributed by atoms with E-state index in [-0.39, 0.29) is 11.5 Å². The zero-order valence-corrected chi connectivity index (χ0v) is 12.1. The van der Waals surface area contributed by atoms with E-state index in [4.69, 9.17) is 9.15 Å². The van der Waals surface area contributed by atoms with Gasteiger partial charge in [0.25, 0.3) is 0 Å². The first-order chi connectivity index (χ1) is 8.94. The number of nitrogens with one attached hydrogen (secondary N) is 1. The highest BCUT2D eigenvalue weighted by Gasteiger charge is 2.30. The quantitative estimate of drug-likeness (QED) is 0.841. The zero-order valence-electron chi connectivity index (χ0n) is 12.1. The molecule has 0 saturated carbocycles. The zero-order chi connectivity index (χ0) is 14.0. The van der Waals surface area contributed by atoms with Gasteiger partial charge in [-0.1, -0.05) is 0 Å². The molecule has 0 bridgehead atoms. The van der Waals surface area contributed by atoms with Gasteiger partial charge in [0.1, 0.15) is 17.1 Å². The molecule has 1 saturated heterocycles. The highest BCUT2D eigenvalue weighted by Crippen LogP contribution is 2.22. The monoisotopic (exact) mass is 266 g/mol. The van der Waals surface area contributed by atoms with Crippen molar-refractivity contribution in [3.8, 4) is 0 Å². The molecule has 0 amide bonds. The predicted octanol–water partition coefficient (Wildman–Crippen LogP) is 1.56. The number of carbonyl (C=O) groups is 1. The van der Waals surface area contributed by atoms with Gasteiger partial charge in [-0.25, -0.2) is 4.79 Å². The summed E-state index contributed by atoms with van der Waals surface area (Å²) in [7, 11) is 1.38. The Balaban J connectivity index is 2.13. The maximum absolute atomic E-state index is 11.6. The molecule has 0 radical (unpaired) electrons. The summed E-state index contributed by atoms with van der Waals surface area (Å²) in [5.41, 5.74) is 0.607. The highest BCUT2D eigenvalue weighted by molar-refractivity contribution is 5.90. The van der Waals surface area contributed by atoms with Gasteiger partial charge >= 0.3 is 5.97 Å². The number of ether oxygens (including phenoxy) is 1. The summed E-state index contributed by atoms with van der Waals surface area (Å²) >= 11 is 0. The molecule has 1 fully saturated rings. The number of hydrogen-bond acceptors (Lipinski definition) is 5. The van der Waals surface area contributed by atoms with Crippen molar-refractivity contribution in [1.82, 2.24) is 10.2 Å². The summed E-state index contributed by atoms with van der Waals surface area (Å²) in [4.78, 5) is 13.9. The van der Waals surface area contributed by atoms with Gasteiger partial charge in [-0.2, -0.15) is 0 Å². The summed E-state index contributed by atoms with van der Waals surface area (Å²) < 4.78 is 10.4. The van der Waals surface area contributed by atoms with Gasteiger partial charge in [-0.05, 0) is 26.8 Å². The van der Waals surface area contributed by atoms with Crippen molar-refractivity contribution in [2.24, 2.45) is 0 Å². The lowest BCUT2D eigenvalue weighted by Crippen LogP contribution is -2.57. The number of esters is 1. The van der Waals surface area contributed by atoms with Crippen molar-refractivity contribution in [3.63, 3.8) is 0 Å². The largest absolute Gasteiger partial charge is 0.465 e. The summed E-state index contributed by atoms with van der Waals surface area (Å²) in [5.74, 6) is 1.09. The molecule has 0 aliphatic carbocycles. The molecule has 0 spiro atoms. The maximum atomic E-state index is 11.6. The van der Waals surface area contributed by atoms with Gasteiger partial charge in [-0.15, -0.1) is 0 Å². The molecular weight excluding hydrogens is 244 g/mol. The van der Waals surface area contributed by atoms with Crippen molar-refractivity contribution < 1.29 is 13.9 Å². The van der Waals surface area contributed by atoms with Crippen LogP contribution >= 0.6 is 0 Å². The number of piperazine rings is 1. The Morgan fingerprint density at radius 2 is 2.32 bits per heavy atom. The number of furan rings is 1. The molecule has 0 aromatic carbocycles. The van der Waals surface area contributed by atoms with E-state index in [0.717, 1.165) is 25.4 Å². The van der Waals surface area contributed by atoms with Crippen molar-refractivity contribution in [2.45, 2.75) is 32.9 Å². The summed E-state index contributed by atoms with van der Waals surface area (Å²) in [6.45, 7) is 9.82. The molecule has 2 rings (SSSR count). The first-order valence-corrected chi connectivity index (χ1v) is 6.57. The fourth-order valence-electron chi connectivity index (χ4n) is 2.44. The number of hydrogen-bond donors (Lipinski definition) is 1. The fourth-order valence-corrected chi connectivity index (χ4v) is 2.44. The van der Waals surface area contributed by atoms with Crippen molar-refractivity contribution in [3.05, 3.63) is 23.2 Å². The Hall–Kier alpha value is -1.33. The van der Waals surface area contributed by atoms with Gasteiger partial charge in [0, 0.05) is 25.2 Å². The van der Waals surface area contributed by atoms with Crippen LogP contribution in [0.5, 0.6) is 0 Å². The first-order valence-electron chi connectivity index (χ1n) is 6.57.